The number of carbonyl (C=O) groups excluding carboxylic acids is 1. The Morgan fingerprint density at radius 3 is 2.67 bits per heavy atom. The summed E-state index contributed by atoms with van der Waals surface area (Å²) in [7, 11) is 1.56. The number of hydrogen-bond acceptors (Lipinski definition) is 3. The molecule has 15 heavy (non-hydrogen) atoms. The third kappa shape index (κ3) is 3.06. The van der Waals surface area contributed by atoms with Crippen LogP contribution in [0.5, 0.6) is 5.75 Å². The topological polar surface area (TPSA) is 35.5 Å². The van der Waals surface area contributed by atoms with Crippen molar-refractivity contribution in [2.45, 2.75) is 26.6 Å². The van der Waals surface area contributed by atoms with Crippen molar-refractivity contribution in [2.75, 3.05) is 7.11 Å². The van der Waals surface area contributed by atoms with Gasteiger partial charge in [-0.15, -0.1) is 0 Å². The van der Waals surface area contributed by atoms with Crippen molar-refractivity contribution in [3.63, 3.8) is 0 Å². The molecule has 0 bridgehead atoms. The summed E-state index contributed by atoms with van der Waals surface area (Å²) in [5.74, 6) is 0.605. The summed E-state index contributed by atoms with van der Waals surface area (Å²) in [5.41, 5.74) is 1.46. The lowest BCUT2D eigenvalue weighted by atomic mass is 10.1. The molecular weight excluding hydrogens is 192 g/mol. The van der Waals surface area contributed by atoms with Gasteiger partial charge in [0.25, 0.3) is 0 Å². The van der Waals surface area contributed by atoms with Crippen LogP contribution in [-0.2, 0) is 11.3 Å². The van der Waals surface area contributed by atoms with E-state index in [4.69, 9.17) is 9.47 Å². The molecule has 0 aliphatic rings. The molecule has 82 valence electrons. The number of hydrogen-bond donors (Lipinski definition) is 0. The quantitative estimate of drug-likeness (QED) is 0.697. The fourth-order valence-corrected chi connectivity index (χ4v) is 1.32. The van der Waals surface area contributed by atoms with Crippen molar-refractivity contribution in [1.82, 2.24) is 0 Å². The minimum atomic E-state index is 0.162. The summed E-state index contributed by atoms with van der Waals surface area (Å²) >= 11 is 0. The Bertz CT molecular complexity index is 332. The van der Waals surface area contributed by atoms with Gasteiger partial charge in [0.2, 0.25) is 0 Å². The summed E-state index contributed by atoms with van der Waals surface area (Å²) < 4.78 is 10.7. The first kappa shape index (κ1) is 11.7. The van der Waals surface area contributed by atoms with Crippen LogP contribution in [0.4, 0.5) is 0 Å². The molecule has 0 spiro atoms. The summed E-state index contributed by atoms with van der Waals surface area (Å²) in [6, 6.07) is 5.45. The van der Waals surface area contributed by atoms with Gasteiger partial charge in [0.05, 0.1) is 25.4 Å². The first-order valence-corrected chi connectivity index (χ1v) is 4.91. The Morgan fingerprint density at radius 2 is 2.13 bits per heavy atom. The van der Waals surface area contributed by atoms with Crippen molar-refractivity contribution < 1.29 is 14.3 Å². The predicted octanol–water partition coefficient (Wildman–Crippen LogP) is 2.43. The number of para-hydroxylation sites is 1. The Labute approximate surface area is 90.0 Å². The maximum atomic E-state index is 10.8. The number of ether oxygens (including phenoxy) is 2. The molecule has 1 rings (SSSR count). The highest BCUT2D eigenvalue weighted by Crippen LogP contribution is 2.23. The average Bonchev–Trinajstić information content (AvgIpc) is 2.25. The molecule has 0 unspecified atom stereocenters. The van der Waals surface area contributed by atoms with Crippen LogP contribution in [0.15, 0.2) is 18.2 Å². The average molecular weight is 208 g/mol. The highest BCUT2D eigenvalue weighted by Gasteiger charge is 2.08. The maximum Gasteiger partial charge on any atom is 0.153 e. The van der Waals surface area contributed by atoms with Gasteiger partial charge in [-0.2, -0.15) is 0 Å². The highest BCUT2D eigenvalue weighted by molar-refractivity contribution is 5.80. The lowest BCUT2D eigenvalue weighted by molar-refractivity contribution is 0.0644. The van der Waals surface area contributed by atoms with E-state index in [1.807, 2.05) is 26.0 Å². The van der Waals surface area contributed by atoms with Gasteiger partial charge in [-0.1, -0.05) is 12.1 Å². The van der Waals surface area contributed by atoms with E-state index in [1.165, 1.54) is 0 Å². The van der Waals surface area contributed by atoms with E-state index in [9.17, 15) is 4.79 Å². The molecule has 0 radical (unpaired) electrons. The van der Waals surface area contributed by atoms with E-state index in [2.05, 4.69) is 0 Å². The lowest BCUT2D eigenvalue weighted by Crippen LogP contribution is -2.04. The minimum Gasteiger partial charge on any atom is -0.496 e. The number of methoxy groups -OCH3 is 1. The molecule has 0 aliphatic carbocycles. The van der Waals surface area contributed by atoms with Gasteiger partial charge >= 0.3 is 0 Å². The van der Waals surface area contributed by atoms with E-state index < -0.39 is 0 Å². The van der Waals surface area contributed by atoms with Crippen LogP contribution >= 0.6 is 0 Å². The van der Waals surface area contributed by atoms with Gasteiger partial charge in [-0.05, 0) is 19.9 Å². The van der Waals surface area contributed by atoms with Crippen LogP contribution in [0.1, 0.15) is 29.8 Å². The van der Waals surface area contributed by atoms with Crippen molar-refractivity contribution >= 4 is 6.29 Å². The molecule has 0 aliphatic heterocycles. The van der Waals surface area contributed by atoms with Crippen LogP contribution in [0.2, 0.25) is 0 Å². The van der Waals surface area contributed by atoms with Gasteiger partial charge in [0.15, 0.2) is 6.29 Å². The number of aldehydes is 1. The van der Waals surface area contributed by atoms with E-state index in [0.717, 1.165) is 11.8 Å². The van der Waals surface area contributed by atoms with Gasteiger partial charge in [0.1, 0.15) is 5.75 Å². The summed E-state index contributed by atoms with van der Waals surface area (Å²) in [5, 5.41) is 0. The molecule has 0 atom stereocenters. The molecule has 0 aromatic heterocycles. The molecule has 1 aromatic carbocycles. The third-order valence-corrected chi connectivity index (χ3v) is 2.03. The molecule has 0 fully saturated rings. The Balaban J connectivity index is 2.90. The van der Waals surface area contributed by atoms with E-state index in [1.54, 1.807) is 13.2 Å². The number of benzene rings is 1. The Morgan fingerprint density at radius 1 is 1.40 bits per heavy atom. The molecule has 3 heteroatoms. The minimum absolute atomic E-state index is 0.162. The smallest absolute Gasteiger partial charge is 0.153 e. The number of carbonyl (C=O) groups is 1. The SMILES string of the molecule is COc1c(C=O)cccc1COC(C)C. The van der Waals surface area contributed by atoms with Crippen molar-refractivity contribution in [3.05, 3.63) is 29.3 Å². The summed E-state index contributed by atoms with van der Waals surface area (Å²) in [4.78, 5) is 10.8. The van der Waals surface area contributed by atoms with Crippen LogP contribution in [0.3, 0.4) is 0 Å². The van der Waals surface area contributed by atoms with Gasteiger partial charge < -0.3 is 9.47 Å². The second-order valence-electron chi connectivity index (χ2n) is 3.52. The zero-order chi connectivity index (χ0) is 11.3. The molecule has 0 heterocycles. The fraction of sp³-hybridized carbons (Fsp3) is 0.417. The molecule has 0 saturated heterocycles. The molecule has 1 aromatic rings. The zero-order valence-corrected chi connectivity index (χ0v) is 9.32. The second-order valence-corrected chi connectivity index (χ2v) is 3.52. The van der Waals surface area contributed by atoms with E-state index in [0.29, 0.717) is 17.9 Å². The van der Waals surface area contributed by atoms with Crippen molar-refractivity contribution in [2.24, 2.45) is 0 Å². The van der Waals surface area contributed by atoms with Crippen LogP contribution in [0.25, 0.3) is 0 Å². The lowest BCUT2D eigenvalue weighted by Gasteiger charge is -2.12. The second kappa shape index (κ2) is 5.51. The Hall–Kier alpha value is -1.35. The monoisotopic (exact) mass is 208 g/mol. The fourth-order valence-electron chi connectivity index (χ4n) is 1.32. The molecule has 3 nitrogen and oxygen atoms in total. The standard InChI is InChI=1S/C12H16O3/c1-9(2)15-8-11-6-4-5-10(7-13)12(11)14-3/h4-7,9H,8H2,1-3H3. The first-order chi connectivity index (χ1) is 7.19. The molecule has 0 amide bonds. The van der Waals surface area contributed by atoms with Crippen molar-refractivity contribution in [3.8, 4) is 5.75 Å². The highest BCUT2D eigenvalue weighted by atomic mass is 16.5. The Kier molecular flexibility index (Phi) is 4.31. The van der Waals surface area contributed by atoms with E-state index in [-0.39, 0.29) is 6.10 Å². The van der Waals surface area contributed by atoms with Gasteiger partial charge in [0, 0.05) is 5.56 Å². The van der Waals surface area contributed by atoms with Crippen LogP contribution in [0, 0.1) is 0 Å². The van der Waals surface area contributed by atoms with Crippen LogP contribution < -0.4 is 4.74 Å². The molecule has 0 N–H and O–H groups in total. The number of rotatable bonds is 5. The normalized spacial score (nSPS) is 10.4. The third-order valence-electron chi connectivity index (χ3n) is 2.03. The summed E-state index contributed by atoms with van der Waals surface area (Å²) in [6.07, 6.45) is 0.951. The van der Waals surface area contributed by atoms with Crippen molar-refractivity contribution in [1.29, 1.82) is 0 Å². The van der Waals surface area contributed by atoms with E-state index >= 15 is 0 Å². The van der Waals surface area contributed by atoms with Gasteiger partial charge in [-0.25, -0.2) is 0 Å². The van der Waals surface area contributed by atoms with Gasteiger partial charge in [-0.3, -0.25) is 4.79 Å². The largest absolute Gasteiger partial charge is 0.496 e. The predicted molar refractivity (Wildman–Crippen MR) is 58.3 cm³/mol. The van der Waals surface area contributed by atoms with Crippen LogP contribution in [-0.4, -0.2) is 19.5 Å². The molecular formula is C12H16O3. The first-order valence-electron chi connectivity index (χ1n) is 4.91. The summed E-state index contributed by atoms with van der Waals surface area (Å²) in [6.45, 7) is 4.40. The molecule has 0 saturated carbocycles. The zero-order valence-electron chi connectivity index (χ0n) is 9.32. The maximum absolute atomic E-state index is 10.8.